The van der Waals surface area contributed by atoms with Gasteiger partial charge in [0.05, 0.1) is 6.04 Å². The maximum atomic E-state index is 12.7. The van der Waals surface area contributed by atoms with E-state index < -0.39 is 5.97 Å². The number of aliphatic carboxylic acids is 1. The highest BCUT2D eigenvalue weighted by Gasteiger charge is 2.38. The van der Waals surface area contributed by atoms with Gasteiger partial charge in [-0.15, -0.1) is 0 Å². The van der Waals surface area contributed by atoms with Gasteiger partial charge in [-0.25, -0.2) is 4.79 Å². The Morgan fingerprint density at radius 2 is 1.83 bits per heavy atom. The number of carboxylic acid groups (broad SMARTS) is 1. The van der Waals surface area contributed by atoms with Gasteiger partial charge >= 0.3 is 5.97 Å². The molecule has 1 aliphatic rings. The van der Waals surface area contributed by atoms with E-state index in [1.165, 1.54) is 12.8 Å². The molecule has 2 rings (SSSR count). The zero-order valence-corrected chi connectivity index (χ0v) is 14.7. The third kappa shape index (κ3) is 4.49. The first kappa shape index (κ1) is 18.3. The van der Waals surface area contributed by atoms with Gasteiger partial charge in [0, 0.05) is 5.41 Å². The predicted octanol–water partition coefficient (Wildman–Crippen LogP) is 3.54. The molecule has 5 heteroatoms. The summed E-state index contributed by atoms with van der Waals surface area (Å²) in [6.45, 7) is 5.67. The number of hydrogen-bond donors (Lipinski definition) is 2. The van der Waals surface area contributed by atoms with Crippen molar-refractivity contribution < 1.29 is 19.4 Å². The zero-order valence-electron chi connectivity index (χ0n) is 14.7. The maximum Gasteiger partial charge on any atom is 0.341 e. The summed E-state index contributed by atoms with van der Waals surface area (Å²) in [6, 6.07) is 7.05. The standard InChI is InChI=1S/C19H27NO4/c1-13(14-8-10-16(11-9-14)24-12-17(21)22)20-18(23)19(2,3)15-6-4-5-7-15/h8-11,13,15H,4-7,12H2,1-3H3,(H,20,23)(H,21,22)/t13-/m0/s1. The first-order valence-corrected chi connectivity index (χ1v) is 8.56. The van der Waals surface area contributed by atoms with Crippen LogP contribution in [0.1, 0.15) is 58.1 Å². The summed E-state index contributed by atoms with van der Waals surface area (Å²) < 4.78 is 5.12. The second-order valence-electron chi connectivity index (χ2n) is 7.15. The Morgan fingerprint density at radius 1 is 1.25 bits per heavy atom. The average molecular weight is 333 g/mol. The molecule has 0 spiro atoms. The van der Waals surface area contributed by atoms with Crippen LogP contribution in [0.2, 0.25) is 0 Å². The van der Waals surface area contributed by atoms with Gasteiger partial charge in [-0.2, -0.15) is 0 Å². The minimum absolute atomic E-state index is 0.0908. The number of carboxylic acids is 1. The molecule has 132 valence electrons. The number of carbonyl (C=O) groups is 2. The van der Waals surface area contributed by atoms with Crippen LogP contribution in [0.3, 0.4) is 0 Å². The van der Waals surface area contributed by atoms with Crippen molar-refractivity contribution >= 4 is 11.9 Å². The number of nitrogens with one attached hydrogen (secondary N) is 1. The summed E-state index contributed by atoms with van der Waals surface area (Å²) in [5.74, 6) is 0.0458. The zero-order chi connectivity index (χ0) is 17.7. The second kappa shape index (κ2) is 7.69. The molecule has 0 bridgehead atoms. The van der Waals surface area contributed by atoms with E-state index in [0.717, 1.165) is 18.4 Å². The number of rotatable bonds is 7. The van der Waals surface area contributed by atoms with Gasteiger partial charge in [0.25, 0.3) is 0 Å². The van der Waals surface area contributed by atoms with Crippen LogP contribution in [-0.2, 0) is 9.59 Å². The molecule has 1 aliphatic carbocycles. The first-order chi connectivity index (χ1) is 11.3. The quantitative estimate of drug-likeness (QED) is 0.800. The molecule has 1 atom stereocenters. The molecular weight excluding hydrogens is 306 g/mol. The fraction of sp³-hybridized carbons (Fsp3) is 0.579. The molecule has 2 N–H and O–H groups in total. The lowest BCUT2D eigenvalue weighted by Crippen LogP contribution is -2.42. The Kier molecular flexibility index (Phi) is 5.86. The van der Waals surface area contributed by atoms with E-state index in [2.05, 4.69) is 5.32 Å². The lowest BCUT2D eigenvalue weighted by atomic mass is 9.77. The number of hydrogen-bond acceptors (Lipinski definition) is 3. The Hall–Kier alpha value is -2.04. The molecule has 0 saturated heterocycles. The summed E-state index contributed by atoms with van der Waals surface area (Å²) in [5.41, 5.74) is 0.614. The molecular formula is C19H27NO4. The lowest BCUT2D eigenvalue weighted by Gasteiger charge is -2.31. The van der Waals surface area contributed by atoms with Crippen LogP contribution >= 0.6 is 0 Å². The molecule has 1 aromatic rings. The van der Waals surface area contributed by atoms with Crippen LogP contribution in [0.5, 0.6) is 5.75 Å². The maximum absolute atomic E-state index is 12.7. The molecule has 0 aromatic heterocycles. The van der Waals surface area contributed by atoms with E-state index in [-0.39, 0.29) is 24.0 Å². The van der Waals surface area contributed by atoms with Crippen LogP contribution in [0.25, 0.3) is 0 Å². The van der Waals surface area contributed by atoms with Gasteiger partial charge in [-0.05, 0) is 43.4 Å². The normalized spacial score (nSPS) is 16.6. The van der Waals surface area contributed by atoms with Crippen LogP contribution in [0, 0.1) is 11.3 Å². The number of amides is 1. The van der Waals surface area contributed by atoms with Gasteiger partial charge in [0.2, 0.25) is 5.91 Å². The minimum Gasteiger partial charge on any atom is -0.482 e. The lowest BCUT2D eigenvalue weighted by molar-refractivity contribution is -0.139. The van der Waals surface area contributed by atoms with Gasteiger partial charge in [0.15, 0.2) is 6.61 Å². The molecule has 1 fully saturated rings. The van der Waals surface area contributed by atoms with Gasteiger partial charge in [-0.3, -0.25) is 4.79 Å². The summed E-state index contributed by atoms with van der Waals surface area (Å²) in [5, 5.41) is 11.7. The largest absolute Gasteiger partial charge is 0.482 e. The second-order valence-corrected chi connectivity index (χ2v) is 7.15. The highest BCUT2D eigenvalue weighted by molar-refractivity contribution is 5.82. The van der Waals surface area contributed by atoms with E-state index in [4.69, 9.17) is 9.84 Å². The van der Waals surface area contributed by atoms with Crippen LogP contribution < -0.4 is 10.1 Å². The molecule has 1 amide bonds. The van der Waals surface area contributed by atoms with Crippen molar-refractivity contribution in [3.8, 4) is 5.75 Å². The number of ether oxygens (including phenoxy) is 1. The van der Waals surface area contributed by atoms with E-state index in [0.29, 0.717) is 11.7 Å². The van der Waals surface area contributed by atoms with Crippen molar-refractivity contribution in [2.24, 2.45) is 11.3 Å². The monoisotopic (exact) mass is 333 g/mol. The number of carbonyl (C=O) groups excluding carboxylic acids is 1. The highest BCUT2D eigenvalue weighted by atomic mass is 16.5. The minimum atomic E-state index is -1.01. The smallest absolute Gasteiger partial charge is 0.341 e. The Morgan fingerprint density at radius 3 is 2.38 bits per heavy atom. The SMILES string of the molecule is C[C@H](NC(=O)C(C)(C)C1CCCC1)c1ccc(OCC(=O)O)cc1. The summed E-state index contributed by atoms with van der Waals surface area (Å²) in [7, 11) is 0. The van der Waals surface area contributed by atoms with Crippen molar-refractivity contribution in [1.29, 1.82) is 0 Å². The van der Waals surface area contributed by atoms with E-state index in [1.54, 1.807) is 12.1 Å². The Bertz CT molecular complexity index is 574. The molecule has 1 saturated carbocycles. The van der Waals surface area contributed by atoms with Crippen molar-refractivity contribution in [3.05, 3.63) is 29.8 Å². The number of benzene rings is 1. The average Bonchev–Trinajstić information content (AvgIpc) is 3.08. The van der Waals surface area contributed by atoms with Crippen molar-refractivity contribution in [1.82, 2.24) is 5.32 Å². The van der Waals surface area contributed by atoms with Gasteiger partial charge < -0.3 is 15.2 Å². The molecule has 24 heavy (non-hydrogen) atoms. The summed E-state index contributed by atoms with van der Waals surface area (Å²) >= 11 is 0. The van der Waals surface area contributed by atoms with Crippen LogP contribution in [0.4, 0.5) is 0 Å². The molecule has 5 nitrogen and oxygen atoms in total. The van der Waals surface area contributed by atoms with Crippen LogP contribution in [0.15, 0.2) is 24.3 Å². The van der Waals surface area contributed by atoms with Crippen molar-refractivity contribution in [2.45, 2.75) is 52.5 Å². The van der Waals surface area contributed by atoms with Crippen molar-refractivity contribution in [3.63, 3.8) is 0 Å². The third-order valence-electron chi connectivity index (χ3n) is 5.05. The summed E-state index contributed by atoms with van der Waals surface area (Å²) in [4.78, 5) is 23.2. The highest BCUT2D eigenvalue weighted by Crippen LogP contribution is 2.40. The predicted molar refractivity (Wildman–Crippen MR) is 91.9 cm³/mol. The first-order valence-electron chi connectivity index (χ1n) is 8.56. The fourth-order valence-corrected chi connectivity index (χ4v) is 3.30. The van der Waals surface area contributed by atoms with Gasteiger partial charge in [0.1, 0.15) is 5.75 Å². The van der Waals surface area contributed by atoms with E-state index >= 15 is 0 Å². The Balaban J connectivity index is 1.94. The molecule has 1 aromatic carbocycles. The van der Waals surface area contributed by atoms with E-state index in [9.17, 15) is 9.59 Å². The molecule has 0 radical (unpaired) electrons. The summed E-state index contributed by atoms with van der Waals surface area (Å²) in [6.07, 6.45) is 4.69. The molecule has 0 aliphatic heterocycles. The van der Waals surface area contributed by atoms with E-state index in [1.807, 2.05) is 32.9 Å². The molecule has 0 unspecified atom stereocenters. The van der Waals surface area contributed by atoms with Crippen LogP contribution in [-0.4, -0.2) is 23.6 Å². The molecule has 0 heterocycles. The Labute approximate surface area is 143 Å². The topological polar surface area (TPSA) is 75.6 Å². The van der Waals surface area contributed by atoms with Crippen molar-refractivity contribution in [2.75, 3.05) is 6.61 Å². The fourth-order valence-electron chi connectivity index (χ4n) is 3.30. The van der Waals surface area contributed by atoms with Gasteiger partial charge in [-0.1, -0.05) is 38.8 Å². The third-order valence-corrected chi connectivity index (χ3v) is 5.05.